The Morgan fingerprint density at radius 2 is 0.885 bits per heavy atom. The fourth-order valence-electron chi connectivity index (χ4n) is 3.62. The summed E-state index contributed by atoms with van der Waals surface area (Å²) in [6, 6.07) is 4.01. The Hall–Kier alpha value is -2.76. The summed E-state index contributed by atoms with van der Waals surface area (Å²) >= 11 is 0. The lowest BCUT2D eigenvalue weighted by atomic mass is 9.84. The molecule has 1 aliphatic carbocycles. The van der Waals surface area contributed by atoms with E-state index in [-0.39, 0.29) is 0 Å². The van der Waals surface area contributed by atoms with Crippen LogP contribution in [0.5, 0.6) is 34.5 Å². The van der Waals surface area contributed by atoms with Crippen LogP contribution in [0.1, 0.15) is 22.3 Å². The van der Waals surface area contributed by atoms with E-state index in [1.807, 2.05) is 12.1 Å². The van der Waals surface area contributed by atoms with E-state index in [0.29, 0.717) is 47.3 Å². The van der Waals surface area contributed by atoms with Crippen molar-refractivity contribution in [3.05, 3.63) is 34.4 Å². The van der Waals surface area contributed by atoms with E-state index in [9.17, 15) is 0 Å². The summed E-state index contributed by atoms with van der Waals surface area (Å²) in [6.45, 7) is 0. The molecular formula is C20H24O6. The smallest absolute Gasteiger partial charge is 0.203 e. The van der Waals surface area contributed by atoms with Gasteiger partial charge < -0.3 is 28.4 Å². The second-order valence-corrected chi connectivity index (χ2v) is 5.92. The fraction of sp³-hybridized carbons (Fsp3) is 0.400. The lowest BCUT2D eigenvalue weighted by Gasteiger charge is -2.27. The zero-order valence-corrected chi connectivity index (χ0v) is 16.0. The molecule has 0 radical (unpaired) electrons. The third-order valence-electron chi connectivity index (χ3n) is 4.78. The number of hydrogen-bond donors (Lipinski definition) is 0. The van der Waals surface area contributed by atoms with Crippen molar-refractivity contribution in [3.63, 3.8) is 0 Å². The predicted octanol–water partition coefficient (Wildman–Crippen LogP) is 3.23. The van der Waals surface area contributed by atoms with Gasteiger partial charge in [0.2, 0.25) is 11.5 Å². The molecule has 0 saturated carbocycles. The molecule has 2 aromatic rings. The molecule has 0 fully saturated rings. The SMILES string of the molecule is COc1cc2c(c(OC)c1OC)Cc1c(cc(OC)c(OC)c1OC)C2. The number of methoxy groups -OCH3 is 6. The number of fused-ring (bicyclic) bond motifs is 2. The molecule has 0 amide bonds. The highest BCUT2D eigenvalue weighted by molar-refractivity contribution is 5.67. The van der Waals surface area contributed by atoms with E-state index in [4.69, 9.17) is 28.4 Å². The number of hydrogen-bond acceptors (Lipinski definition) is 6. The van der Waals surface area contributed by atoms with Gasteiger partial charge in [-0.15, -0.1) is 0 Å². The van der Waals surface area contributed by atoms with E-state index >= 15 is 0 Å². The Kier molecular flexibility index (Phi) is 5.02. The van der Waals surface area contributed by atoms with Gasteiger partial charge in [0.1, 0.15) is 0 Å². The molecule has 0 N–H and O–H groups in total. The Morgan fingerprint density at radius 3 is 1.19 bits per heavy atom. The van der Waals surface area contributed by atoms with Crippen LogP contribution in [0.4, 0.5) is 0 Å². The minimum atomic E-state index is 0.594. The summed E-state index contributed by atoms with van der Waals surface area (Å²) in [5, 5.41) is 0. The van der Waals surface area contributed by atoms with E-state index < -0.39 is 0 Å². The van der Waals surface area contributed by atoms with Gasteiger partial charge in [0.25, 0.3) is 0 Å². The molecule has 0 atom stereocenters. The molecule has 0 saturated heterocycles. The minimum absolute atomic E-state index is 0.594. The van der Waals surface area contributed by atoms with Crippen molar-refractivity contribution in [2.24, 2.45) is 0 Å². The van der Waals surface area contributed by atoms with Crippen molar-refractivity contribution in [2.75, 3.05) is 42.7 Å². The number of benzene rings is 2. The largest absolute Gasteiger partial charge is 0.493 e. The molecule has 6 nitrogen and oxygen atoms in total. The van der Waals surface area contributed by atoms with Crippen molar-refractivity contribution in [3.8, 4) is 34.5 Å². The summed E-state index contributed by atoms with van der Waals surface area (Å²) in [7, 11) is 9.74. The maximum atomic E-state index is 5.67. The highest BCUT2D eigenvalue weighted by Crippen LogP contribution is 2.50. The number of rotatable bonds is 6. The van der Waals surface area contributed by atoms with Crippen molar-refractivity contribution >= 4 is 0 Å². The van der Waals surface area contributed by atoms with Crippen LogP contribution < -0.4 is 28.4 Å². The van der Waals surface area contributed by atoms with Crippen LogP contribution >= 0.6 is 0 Å². The van der Waals surface area contributed by atoms with Crippen molar-refractivity contribution in [1.82, 2.24) is 0 Å². The third-order valence-corrected chi connectivity index (χ3v) is 4.78. The van der Waals surface area contributed by atoms with Crippen molar-refractivity contribution in [1.29, 1.82) is 0 Å². The average molecular weight is 360 g/mol. The van der Waals surface area contributed by atoms with Gasteiger partial charge in [-0.05, 0) is 29.7 Å². The van der Waals surface area contributed by atoms with Gasteiger partial charge in [-0.3, -0.25) is 0 Å². The maximum Gasteiger partial charge on any atom is 0.203 e. The molecule has 0 bridgehead atoms. The first-order valence-corrected chi connectivity index (χ1v) is 8.24. The fourth-order valence-corrected chi connectivity index (χ4v) is 3.62. The van der Waals surface area contributed by atoms with Crippen LogP contribution in [-0.4, -0.2) is 42.7 Å². The number of ether oxygens (including phenoxy) is 6. The highest BCUT2D eigenvalue weighted by atomic mass is 16.5. The maximum absolute atomic E-state index is 5.67. The van der Waals surface area contributed by atoms with Crippen LogP contribution in [0.15, 0.2) is 12.1 Å². The first kappa shape index (κ1) is 18.0. The zero-order chi connectivity index (χ0) is 18.8. The second-order valence-electron chi connectivity index (χ2n) is 5.92. The average Bonchev–Trinajstić information content (AvgIpc) is 2.68. The van der Waals surface area contributed by atoms with Crippen molar-refractivity contribution < 1.29 is 28.4 Å². The van der Waals surface area contributed by atoms with Gasteiger partial charge >= 0.3 is 0 Å². The normalized spacial score (nSPS) is 11.9. The predicted molar refractivity (Wildman–Crippen MR) is 97.8 cm³/mol. The summed E-state index contributed by atoms with van der Waals surface area (Å²) < 4.78 is 33.3. The lowest BCUT2D eigenvalue weighted by molar-refractivity contribution is 0.318. The van der Waals surface area contributed by atoms with Crippen LogP contribution in [0.2, 0.25) is 0 Å². The molecule has 0 heterocycles. The third kappa shape index (κ3) is 2.66. The summed E-state index contributed by atoms with van der Waals surface area (Å²) in [5.41, 5.74) is 4.37. The molecule has 140 valence electrons. The minimum Gasteiger partial charge on any atom is -0.493 e. The van der Waals surface area contributed by atoms with E-state index in [0.717, 1.165) is 22.3 Å². The van der Waals surface area contributed by atoms with Crippen LogP contribution in [-0.2, 0) is 12.8 Å². The molecule has 0 unspecified atom stereocenters. The standard InChI is InChI=1S/C20H24O6/c1-21-15-8-11-7-12-9-16(22-2)20(26-6)18(24-4)14(12)10-13(11)17(23-3)19(15)25-5/h8-9H,7,10H2,1-6H3. The molecule has 2 aromatic carbocycles. The Bertz CT molecular complexity index is 761. The van der Waals surface area contributed by atoms with Crippen molar-refractivity contribution in [2.45, 2.75) is 12.8 Å². The molecule has 3 rings (SSSR count). The Morgan fingerprint density at radius 1 is 0.500 bits per heavy atom. The second kappa shape index (κ2) is 7.23. The van der Waals surface area contributed by atoms with Gasteiger partial charge in [-0.1, -0.05) is 0 Å². The van der Waals surface area contributed by atoms with Gasteiger partial charge in [-0.25, -0.2) is 0 Å². The summed E-state index contributed by atoms with van der Waals surface area (Å²) in [5.74, 6) is 3.86. The monoisotopic (exact) mass is 360 g/mol. The quantitative estimate of drug-likeness (QED) is 0.673. The van der Waals surface area contributed by atoms with Gasteiger partial charge in [0.05, 0.1) is 42.7 Å². The van der Waals surface area contributed by atoms with E-state index in [1.54, 1.807) is 42.7 Å². The molecule has 1 aliphatic rings. The topological polar surface area (TPSA) is 55.4 Å². The molecule has 0 aromatic heterocycles. The van der Waals surface area contributed by atoms with E-state index in [1.165, 1.54) is 0 Å². The van der Waals surface area contributed by atoms with Gasteiger partial charge in [0, 0.05) is 17.5 Å². The summed E-state index contributed by atoms with van der Waals surface area (Å²) in [6.07, 6.45) is 1.34. The lowest BCUT2D eigenvalue weighted by Crippen LogP contribution is -2.13. The van der Waals surface area contributed by atoms with E-state index in [2.05, 4.69) is 0 Å². The van der Waals surface area contributed by atoms with Gasteiger partial charge in [0.15, 0.2) is 23.0 Å². The molecule has 6 heteroatoms. The van der Waals surface area contributed by atoms with Crippen LogP contribution in [0, 0.1) is 0 Å². The molecular weight excluding hydrogens is 336 g/mol. The molecule has 0 spiro atoms. The van der Waals surface area contributed by atoms with Gasteiger partial charge in [-0.2, -0.15) is 0 Å². The molecule has 0 aliphatic heterocycles. The first-order valence-electron chi connectivity index (χ1n) is 8.24. The zero-order valence-electron chi connectivity index (χ0n) is 16.0. The first-order chi connectivity index (χ1) is 12.6. The Balaban J connectivity index is 2.23. The summed E-state index contributed by atoms with van der Waals surface area (Å²) in [4.78, 5) is 0. The van der Waals surface area contributed by atoms with Crippen LogP contribution in [0.3, 0.4) is 0 Å². The molecule has 26 heavy (non-hydrogen) atoms. The highest BCUT2D eigenvalue weighted by Gasteiger charge is 2.29. The Labute approximate surface area is 153 Å². The van der Waals surface area contributed by atoms with Crippen LogP contribution in [0.25, 0.3) is 0 Å².